The van der Waals surface area contributed by atoms with E-state index >= 15 is 0 Å². The Bertz CT molecular complexity index is 768. The van der Waals surface area contributed by atoms with Gasteiger partial charge in [0.2, 0.25) is 0 Å². The molecule has 0 saturated carbocycles. The van der Waals surface area contributed by atoms with Crippen molar-refractivity contribution in [2.75, 3.05) is 0 Å². The van der Waals surface area contributed by atoms with E-state index in [2.05, 4.69) is 20.8 Å². The molecule has 0 aliphatic carbocycles. The molecule has 0 heterocycles. The van der Waals surface area contributed by atoms with Gasteiger partial charge in [0.05, 0.1) is 11.1 Å². The maximum Gasteiger partial charge on any atom is 0.338 e. The molecule has 0 aromatic heterocycles. The van der Waals surface area contributed by atoms with Gasteiger partial charge in [-0.25, -0.2) is 9.59 Å². The SMILES string of the molecule is CCCC(OC(=O)c1ccccc1)(C(CC)CC)C(C)OC(=O)c1ccccc1. The van der Waals surface area contributed by atoms with Gasteiger partial charge in [0.25, 0.3) is 0 Å². The van der Waals surface area contributed by atoms with Crippen molar-refractivity contribution in [2.45, 2.75) is 65.1 Å². The minimum absolute atomic E-state index is 0.0775. The van der Waals surface area contributed by atoms with Crippen molar-refractivity contribution in [1.29, 1.82) is 0 Å². The number of hydrogen-bond donors (Lipinski definition) is 0. The van der Waals surface area contributed by atoms with Crippen LogP contribution in [0.15, 0.2) is 60.7 Å². The summed E-state index contributed by atoms with van der Waals surface area (Å²) in [6.07, 6.45) is 2.51. The van der Waals surface area contributed by atoms with Crippen LogP contribution in [0.5, 0.6) is 0 Å². The van der Waals surface area contributed by atoms with Crippen molar-refractivity contribution in [3.05, 3.63) is 71.8 Å². The molecule has 0 bridgehead atoms. The molecule has 2 rings (SSSR count). The quantitative estimate of drug-likeness (QED) is 0.458. The fourth-order valence-electron chi connectivity index (χ4n) is 4.04. The summed E-state index contributed by atoms with van der Waals surface area (Å²) in [4.78, 5) is 25.7. The smallest absolute Gasteiger partial charge is 0.338 e. The molecule has 0 saturated heterocycles. The minimum Gasteiger partial charge on any atom is -0.455 e. The Morgan fingerprint density at radius 1 is 0.828 bits per heavy atom. The molecule has 0 spiro atoms. The molecule has 0 aliphatic heterocycles. The van der Waals surface area contributed by atoms with Gasteiger partial charge in [0.1, 0.15) is 6.10 Å². The number of hydrogen-bond acceptors (Lipinski definition) is 4. The third-order valence-electron chi connectivity index (χ3n) is 5.59. The molecular formula is C25H32O4. The van der Waals surface area contributed by atoms with Crippen molar-refractivity contribution in [2.24, 2.45) is 5.92 Å². The van der Waals surface area contributed by atoms with E-state index in [0.29, 0.717) is 17.5 Å². The van der Waals surface area contributed by atoms with E-state index in [4.69, 9.17) is 9.47 Å². The summed E-state index contributed by atoms with van der Waals surface area (Å²) in [5.74, 6) is -0.706. The molecule has 0 fully saturated rings. The fraction of sp³-hybridized carbons (Fsp3) is 0.440. The van der Waals surface area contributed by atoms with E-state index in [1.165, 1.54) is 0 Å². The Kier molecular flexibility index (Phi) is 8.44. The van der Waals surface area contributed by atoms with Crippen LogP contribution in [0.25, 0.3) is 0 Å². The summed E-state index contributed by atoms with van der Waals surface area (Å²) >= 11 is 0. The third-order valence-corrected chi connectivity index (χ3v) is 5.59. The second kappa shape index (κ2) is 10.8. The van der Waals surface area contributed by atoms with Gasteiger partial charge in [-0.2, -0.15) is 0 Å². The van der Waals surface area contributed by atoms with Gasteiger partial charge in [0.15, 0.2) is 5.60 Å². The lowest BCUT2D eigenvalue weighted by Gasteiger charge is -2.43. The molecule has 2 unspecified atom stereocenters. The van der Waals surface area contributed by atoms with Crippen molar-refractivity contribution in [3.8, 4) is 0 Å². The lowest BCUT2D eigenvalue weighted by Crippen LogP contribution is -2.52. The monoisotopic (exact) mass is 396 g/mol. The molecule has 2 atom stereocenters. The first-order chi connectivity index (χ1) is 14.0. The molecule has 0 radical (unpaired) electrons. The summed E-state index contributed by atoms with van der Waals surface area (Å²) in [5, 5.41) is 0. The largest absolute Gasteiger partial charge is 0.455 e. The lowest BCUT2D eigenvalue weighted by atomic mass is 9.76. The molecule has 4 heteroatoms. The van der Waals surface area contributed by atoms with Crippen LogP contribution in [-0.2, 0) is 9.47 Å². The van der Waals surface area contributed by atoms with Gasteiger partial charge in [-0.05, 0) is 50.5 Å². The van der Waals surface area contributed by atoms with Crippen LogP contribution in [0.2, 0.25) is 0 Å². The highest BCUT2D eigenvalue weighted by atomic mass is 16.6. The second-order valence-corrected chi connectivity index (χ2v) is 7.39. The number of esters is 2. The molecular weight excluding hydrogens is 364 g/mol. The van der Waals surface area contributed by atoms with Crippen LogP contribution in [0.3, 0.4) is 0 Å². The summed E-state index contributed by atoms with van der Waals surface area (Å²) < 4.78 is 12.1. The van der Waals surface area contributed by atoms with Gasteiger partial charge in [0, 0.05) is 5.92 Å². The van der Waals surface area contributed by atoms with Gasteiger partial charge >= 0.3 is 11.9 Å². The van der Waals surface area contributed by atoms with E-state index in [-0.39, 0.29) is 11.9 Å². The first-order valence-electron chi connectivity index (χ1n) is 10.5. The molecule has 156 valence electrons. The summed E-state index contributed by atoms with van der Waals surface area (Å²) in [5.41, 5.74) is 0.111. The van der Waals surface area contributed by atoms with Crippen LogP contribution in [0, 0.1) is 5.92 Å². The van der Waals surface area contributed by atoms with E-state index in [9.17, 15) is 9.59 Å². The lowest BCUT2D eigenvalue weighted by molar-refractivity contribution is -0.128. The van der Waals surface area contributed by atoms with Crippen LogP contribution < -0.4 is 0 Å². The topological polar surface area (TPSA) is 52.6 Å². The zero-order chi connectivity index (χ0) is 21.3. The van der Waals surface area contributed by atoms with Crippen molar-refractivity contribution in [1.82, 2.24) is 0 Å². The summed E-state index contributed by atoms with van der Waals surface area (Å²) in [6.45, 7) is 8.06. The van der Waals surface area contributed by atoms with Crippen LogP contribution >= 0.6 is 0 Å². The van der Waals surface area contributed by atoms with E-state index in [1.54, 1.807) is 36.4 Å². The molecule has 4 nitrogen and oxygen atoms in total. The standard InChI is InChI=1S/C25H32O4/c1-5-18-25(22(6-2)7-3,29-24(27)21-16-12-9-13-17-21)19(4)28-23(26)20-14-10-8-11-15-20/h8-17,19,22H,5-7,18H2,1-4H3. The average molecular weight is 397 g/mol. The Morgan fingerprint density at radius 3 is 1.76 bits per heavy atom. The Balaban J connectivity index is 2.36. The van der Waals surface area contributed by atoms with Gasteiger partial charge in [-0.15, -0.1) is 0 Å². The van der Waals surface area contributed by atoms with Crippen molar-refractivity contribution in [3.63, 3.8) is 0 Å². The Labute approximate surface area is 174 Å². The zero-order valence-corrected chi connectivity index (χ0v) is 17.9. The molecule has 2 aromatic carbocycles. The predicted octanol–water partition coefficient (Wildman–Crippen LogP) is 6.06. The van der Waals surface area contributed by atoms with Crippen LogP contribution in [0.1, 0.15) is 74.1 Å². The first kappa shape index (κ1) is 22.7. The summed E-state index contributed by atoms with van der Waals surface area (Å²) in [6, 6.07) is 17.9. The highest BCUT2D eigenvalue weighted by molar-refractivity contribution is 5.90. The van der Waals surface area contributed by atoms with Gasteiger partial charge < -0.3 is 9.47 Å². The predicted molar refractivity (Wildman–Crippen MR) is 115 cm³/mol. The molecule has 0 N–H and O–H groups in total. The third kappa shape index (κ3) is 5.47. The molecule has 0 aliphatic rings. The maximum absolute atomic E-state index is 13.0. The van der Waals surface area contributed by atoms with Crippen molar-refractivity contribution < 1.29 is 19.1 Å². The number of ether oxygens (including phenoxy) is 2. The fourth-order valence-corrected chi connectivity index (χ4v) is 4.04. The number of rotatable bonds is 10. The minimum atomic E-state index is -0.879. The Morgan fingerprint density at radius 2 is 1.31 bits per heavy atom. The van der Waals surface area contributed by atoms with E-state index < -0.39 is 17.7 Å². The normalized spacial score (nSPS) is 14.1. The maximum atomic E-state index is 13.0. The first-order valence-corrected chi connectivity index (χ1v) is 10.5. The average Bonchev–Trinajstić information content (AvgIpc) is 2.75. The van der Waals surface area contributed by atoms with E-state index in [0.717, 1.165) is 19.3 Å². The second-order valence-electron chi connectivity index (χ2n) is 7.39. The summed E-state index contributed by atoms with van der Waals surface area (Å²) in [7, 11) is 0. The van der Waals surface area contributed by atoms with Crippen molar-refractivity contribution >= 4 is 11.9 Å². The van der Waals surface area contributed by atoms with E-state index in [1.807, 2.05) is 31.2 Å². The van der Waals surface area contributed by atoms with Gasteiger partial charge in [-0.3, -0.25) is 0 Å². The highest BCUT2D eigenvalue weighted by Gasteiger charge is 2.47. The number of benzene rings is 2. The molecule has 0 amide bonds. The highest BCUT2D eigenvalue weighted by Crippen LogP contribution is 2.38. The number of carbonyl (C=O) groups is 2. The van der Waals surface area contributed by atoms with Crippen LogP contribution in [-0.4, -0.2) is 23.6 Å². The van der Waals surface area contributed by atoms with Crippen LogP contribution in [0.4, 0.5) is 0 Å². The molecule has 2 aromatic rings. The Hall–Kier alpha value is -2.62. The number of carbonyl (C=O) groups excluding carboxylic acids is 2. The van der Waals surface area contributed by atoms with Gasteiger partial charge in [-0.1, -0.05) is 63.6 Å². The molecule has 29 heavy (non-hydrogen) atoms. The zero-order valence-electron chi connectivity index (χ0n) is 17.9.